The van der Waals surface area contributed by atoms with Crippen LogP contribution in [0.5, 0.6) is 5.75 Å². The lowest BCUT2D eigenvalue weighted by molar-refractivity contribution is -0.118. The Labute approximate surface area is 199 Å². The van der Waals surface area contributed by atoms with Crippen LogP contribution in [0.1, 0.15) is 23.2 Å². The number of amides is 1. The molecular weight excluding hydrogens is 464 g/mol. The molecular formula is C23H21ClN4O4S. The van der Waals surface area contributed by atoms with E-state index in [4.69, 9.17) is 21.1 Å². The quantitative estimate of drug-likeness (QED) is 0.398. The molecule has 3 aromatic rings. The van der Waals surface area contributed by atoms with Crippen LogP contribution in [-0.2, 0) is 16.1 Å². The van der Waals surface area contributed by atoms with Crippen LogP contribution in [0, 0.1) is 0 Å². The van der Waals surface area contributed by atoms with Gasteiger partial charge in [-0.05, 0) is 55.3 Å². The first-order valence-corrected chi connectivity index (χ1v) is 12.0. The molecule has 0 aliphatic carbocycles. The predicted molar refractivity (Wildman–Crippen MR) is 125 cm³/mol. The Bertz CT molecular complexity index is 1190. The highest BCUT2D eigenvalue weighted by Crippen LogP contribution is 2.31. The zero-order chi connectivity index (χ0) is 22.8. The van der Waals surface area contributed by atoms with E-state index < -0.39 is 0 Å². The summed E-state index contributed by atoms with van der Waals surface area (Å²) in [5.74, 6) is 1.13. The van der Waals surface area contributed by atoms with E-state index in [1.807, 2.05) is 28.8 Å². The Morgan fingerprint density at radius 1 is 1.21 bits per heavy atom. The zero-order valence-electron chi connectivity index (χ0n) is 17.6. The topological polar surface area (TPSA) is 95.3 Å². The van der Waals surface area contributed by atoms with Crippen molar-refractivity contribution in [3.05, 3.63) is 53.1 Å². The van der Waals surface area contributed by atoms with Crippen molar-refractivity contribution in [1.29, 1.82) is 0 Å². The second-order valence-corrected chi connectivity index (χ2v) is 9.20. The summed E-state index contributed by atoms with van der Waals surface area (Å²) in [4.78, 5) is 24.5. The molecule has 1 saturated heterocycles. The molecule has 0 bridgehead atoms. The summed E-state index contributed by atoms with van der Waals surface area (Å²) in [6.45, 7) is 1.35. The van der Waals surface area contributed by atoms with E-state index >= 15 is 0 Å². The number of nitrogens with one attached hydrogen (secondary N) is 1. The normalized spacial score (nSPS) is 17.4. The Hall–Kier alpha value is -2.88. The Kier molecular flexibility index (Phi) is 6.34. The van der Waals surface area contributed by atoms with Gasteiger partial charge >= 0.3 is 0 Å². The van der Waals surface area contributed by atoms with E-state index in [9.17, 15) is 9.59 Å². The second kappa shape index (κ2) is 9.54. The second-order valence-electron chi connectivity index (χ2n) is 7.82. The number of anilines is 1. The van der Waals surface area contributed by atoms with Gasteiger partial charge in [-0.2, -0.15) is 0 Å². The van der Waals surface area contributed by atoms with Gasteiger partial charge in [0.15, 0.2) is 23.4 Å². The largest absolute Gasteiger partial charge is 0.482 e. The molecule has 5 rings (SSSR count). The number of ketones is 1. The van der Waals surface area contributed by atoms with Gasteiger partial charge < -0.3 is 14.8 Å². The van der Waals surface area contributed by atoms with Crippen LogP contribution in [-0.4, -0.2) is 51.5 Å². The standard InChI is InChI=1S/C23H21ClN4O4S/c24-16-6-3-14(4-7-16)22-26-27-23(28(22)11-17-2-1-9-31-17)33-13-19(29)15-5-8-20-18(10-15)25-21(30)12-32-20/h3-8,10,17H,1-2,9,11-13H2,(H,25,30). The first-order valence-electron chi connectivity index (χ1n) is 10.6. The van der Waals surface area contributed by atoms with Crippen molar-refractivity contribution < 1.29 is 19.1 Å². The molecule has 1 aromatic heterocycles. The number of benzene rings is 2. The highest BCUT2D eigenvalue weighted by Gasteiger charge is 2.23. The molecule has 1 atom stereocenters. The number of halogens is 1. The number of ether oxygens (including phenoxy) is 2. The maximum atomic E-state index is 12.9. The average Bonchev–Trinajstić information content (AvgIpc) is 3.48. The molecule has 2 aliphatic heterocycles. The molecule has 1 N–H and O–H groups in total. The molecule has 0 saturated carbocycles. The van der Waals surface area contributed by atoms with E-state index in [-0.39, 0.29) is 30.2 Å². The summed E-state index contributed by atoms with van der Waals surface area (Å²) < 4.78 is 13.2. The van der Waals surface area contributed by atoms with Gasteiger partial charge in [0, 0.05) is 22.8 Å². The van der Waals surface area contributed by atoms with Crippen LogP contribution in [0.3, 0.4) is 0 Å². The molecule has 10 heteroatoms. The van der Waals surface area contributed by atoms with Crippen molar-refractivity contribution in [3.8, 4) is 17.1 Å². The van der Waals surface area contributed by atoms with Crippen molar-refractivity contribution in [1.82, 2.24) is 14.8 Å². The van der Waals surface area contributed by atoms with Gasteiger partial charge in [0.2, 0.25) is 0 Å². The number of carbonyl (C=O) groups excluding carboxylic acids is 2. The lowest BCUT2D eigenvalue weighted by atomic mass is 10.1. The Morgan fingerprint density at radius 3 is 2.85 bits per heavy atom. The van der Waals surface area contributed by atoms with Gasteiger partial charge in [0.05, 0.1) is 24.1 Å². The third-order valence-electron chi connectivity index (χ3n) is 5.50. The van der Waals surface area contributed by atoms with Crippen molar-refractivity contribution >= 4 is 40.7 Å². The first kappa shape index (κ1) is 21.9. The van der Waals surface area contributed by atoms with Gasteiger partial charge in [-0.25, -0.2) is 0 Å². The van der Waals surface area contributed by atoms with Crippen LogP contribution < -0.4 is 10.1 Å². The summed E-state index contributed by atoms with van der Waals surface area (Å²) in [6, 6.07) is 12.5. The summed E-state index contributed by atoms with van der Waals surface area (Å²) in [7, 11) is 0. The van der Waals surface area contributed by atoms with Gasteiger partial charge in [0.1, 0.15) is 5.75 Å². The monoisotopic (exact) mass is 484 g/mol. The molecule has 8 nitrogen and oxygen atoms in total. The number of Topliss-reactive ketones (excluding diaryl/α,β-unsaturated/α-hetero) is 1. The van der Waals surface area contributed by atoms with Crippen LogP contribution in [0.4, 0.5) is 5.69 Å². The number of carbonyl (C=O) groups is 2. The summed E-state index contributed by atoms with van der Waals surface area (Å²) in [6.07, 6.45) is 2.10. The highest BCUT2D eigenvalue weighted by molar-refractivity contribution is 7.99. The maximum Gasteiger partial charge on any atom is 0.262 e. The van der Waals surface area contributed by atoms with Crippen LogP contribution in [0.25, 0.3) is 11.4 Å². The highest BCUT2D eigenvalue weighted by atomic mass is 35.5. The summed E-state index contributed by atoms with van der Waals surface area (Å²) in [5, 5.41) is 12.8. The third kappa shape index (κ3) is 4.90. The van der Waals surface area contributed by atoms with Crippen molar-refractivity contribution in [3.63, 3.8) is 0 Å². The number of hydrogen-bond donors (Lipinski definition) is 1. The predicted octanol–water partition coefficient (Wildman–Crippen LogP) is 4.08. The SMILES string of the molecule is O=C1COc2ccc(C(=O)CSc3nnc(-c4ccc(Cl)cc4)n3CC3CCCO3)cc2N1. The van der Waals surface area contributed by atoms with Crippen LogP contribution in [0.2, 0.25) is 5.02 Å². The molecule has 0 radical (unpaired) electrons. The number of fused-ring (bicyclic) bond motifs is 1. The summed E-state index contributed by atoms with van der Waals surface area (Å²) >= 11 is 7.37. The van der Waals surface area contributed by atoms with E-state index in [0.29, 0.717) is 39.5 Å². The minimum atomic E-state index is -0.238. The third-order valence-corrected chi connectivity index (χ3v) is 6.71. The fourth-order valence-electron chi connectivity index (χ4n) is 3.83. The van der Waals surface area contributed by atoms with Gasteiger partial charge in [-0.15, -0.1) is 10.2 Å². The molecule has 1 fully saturated rings. The number of hydrogen-bond acceptors (Lipinski definition) is 7. The number of nitrogens with zero attached hydrogens (tertiary/aromatic N) is 3. The summed E-state index contributed by atoms with van der Waals surface area (Å²) in [5.41, 5.74) is 1.90. The molecule has 2 aromatic carbocycles. The lowest BCUT2D eigenvalue weighted by Gasteiger charge is -2.18. The van der Waals surface area contributed by atoms with Crippen LogP contribution >= 0.6 is 23.4 Å². The van der Waals surface area contributed by atoms with E-state index in [2.05, 4.69) is 15.5 Å². The molecule has 170 valence electrons. The van der Waals surface area contributed by atoms with Gasteiger partial charge in [-0.3, -0.25) is 14.2 Å². The van der Waals surface area contributed by atoms with E-state index in [1.165, 1.54) is 11.8 Å². The minimum Gasteiger partial charge on any atom is -0.482 e. The lowest BCUT2D eigenvalue weighted by Crippen LogP contribution is -2.25. The average molecular weight is 485 g/mol. The fraction of sp³-hybridized carbons (Fsp3) is 0.304. The fourth-order valence-corrected chi connectivity index (χ4v) is 4.80. The number of aromatic nitrogens is 3. The first-order chi connectivity index (χ1) is 16.1. The van der Waals surface area contributed by atoms with Gasteiger partial charge in [0.25, 0.3) is 5.91 Å². The minimum absolute atomic E-state index is 0.0214. The van der Waals surface area contributed by atoms with Crippen molar-refractivity contribution in [2.24, 2.45) is 0 Å². The smallest absolute Gasteiger partial charge is 0.262 e. The molecule has 1 unspecified atom stereocenters. The Balaban J connectivity index is 1.35. The van der Waals surface area contributed by atoms with Crippen molar-refractivity contribution in [2.75, 3.05) is 24.3 Å². The number of thioether (sulfide) groups is 1. The molecule has 33 heavy (non-hydrogen) atoms. The molecule has 1 amide bonds. The van der Waals surface area contributed by atoms with E-state index in [1.54, 1.807) is 18.2 Å². The molecule has 3 heterocycles. The van der Waals surface area contributed by atoms with E-state index in [0.717, 1.165) is 25.0 Å². The van der Waals surface area contributed by atoms with Crippen LogP contribution in [0.15, 0.2) is 47.6 Å². The van der Waals surface area contributed by atoms with Crippen molar-refractivity contribution in [2.45, 2.75) is 30.6 Å². The number of rotatable bonds is 7. The Morgan fingerprint density at radius 2 is 2.06 bits per heavy atom. The molecule has 2 aliphatic rings. The zero-order valence-corrected chi connectivity index (χ0v) is 19.2. The maximum absolute atomic E-state index is 12.9. The van der Waals surface area contributed by atoms with Gasteiger partial charge in [-0.1, -0.05) is 23.4 Å². The molecule has 0 spiro atoms.